The number of nitrogens with one attached hydrogen (secondary N) is 2. The number of H-pyrrole nitrogens is 1. The summed E-state index contributed by atoms with van der Waals surface area (Å²) in [5.41, 5.74) is 2.53. The van der Waals surface area contributed by atoms with Crippen LogP contribution in [0, 0.1) is 11.3 Å². The topological polar surface area (TPSA) is 97.6 Å². The molecule has 0 spiro atoms. The van der Waals surface area contributed by atoms with Crippen molar-refractivity contribution >= 4 is 18.1 Å². The Morgan fingerprint density at radius 1 is 1.26 bits per heavy atom. The number of carbonyl (C=O) groups excluding carboxylic acids is 1. The molecule has 0 aromatic carbocycles. The van der Waals surface area contributed by atoms with Gasteiger partial charge in [-0.05, 0) is 37.0 Å². The number of pyridine rings is 1. The zero-order valence-corrected chi connectivity index (χ0v) is 17.3. The number of nitrogens with zero attached hydrogens (tertiary/aromatic N) is 4. The molecular weight excluding hydrogens is 399 g/mol. The second-order valence-electron chi connectivity index (χ2n) is 8.64. The Bertz CT molecular complexity index is 1110. The van der Waals surface area contributed by atoms with Gasteiger partial charge in [0, 0.05) is 56.2 Å². The van der Waals surface area contributed by atoms with Crippen molar-refractivity contribution in [1.82, 2.24) is 19.4 Å². The molecule has 8 nitrogen and oxygen atoms in total. The molecule has 2 N–H and O–H groups in total. The first-order chi connectivity index (χ1) is 15.0. The summed E-state index contributed by atoms with van der Waals surface area (Å²) in [7, 11) is 1.71. The number of hydrogen-bond acceptors (Lipinski definition) is 3. The Morgan fingerprint density at radius 2 is 1.97 bits per heavy atom. The SMILES string of the molecule is Cn1cc(-c2c[nH]c(C(=NC=N)N3CC4CCC(C3)N4C(=O)[C@@H]3C[C@H]3F)c2)ccc1=O. The minimum absolute atomic E-state index is 0.0398. The van der Waals surface area contributed by atoms with Gasteiger partial charge in [0.1, 0.15) is 12.5 Å². The summed E-state index contributed by atoms with van der Waals surface area (Å²) in [6, 6.07) is 5.37. The zero-order chi connectivity index (χ0) is 21.7. The molecule has 2 aliphatic heterocycles. The average molecular weight is 424 g/mol. The van der Waals surface area contributed by atoms with Crippen molar-refractivity contribution < 1.29 is 9.18 Å². The maximum atomic E-state index is 13.4. The molecule has 3 aliphatic rings. The molecule has 1 saturated carbocycles. The monoisotopic (exact) mass is 424 g/mol. The van der Waals surface area contributed by atoms with Gasteiger partial charge in [0.05, 0.1) is 11.6 Å². The highest BCUT2D eigenvalue weighted by Crippen LogP contribution is 2.40. The summed E-state index contributed by atoms with van der Waals surface area (Å²) < 4.78 is 15.0. The number of carbonyl (C=O) groups is 1. The van der Waals surface area contributed by atoms with Crippen molar-refractivity contribution in [2.45, 2.75) is 37.5 Å². The molecule has 5 rings (SSSR count). The van der Waals surface area contributed by atoms with Crippen molar-refractivity contribution in [3.8, 4) is 11.1 Å². The first-order valence-corrected chi connectivity index (χ1v) is 10.6. The smallest absolute Gasteiger partial charge is 0.250 e. The van der Waals surface area contributed by atoms with Crippen LogP contribution in [0.2, 0.25) is 0 Å². The Morgan fingerprint density at radius 3 is 2.58 bits per heavy atom. The third kappa shape index (κ3) is 3.47. The molecule has 1 amide bonds. The van der Waals surface area contributed by atoms with Crippen LogP contribution in [0.25, 0.3) is 11.1 Å². The highest BCUT2D eigenvalue weighted by molar-refractivity contribution is 6.02. The number of alkyl halides is 1. The lowest BCUT2D eigenvalue weighted by atomic mass is 10.1. The van der Waals surface area contributed by atoms with Crippen LogP contribution in [-0.4, -0.2) is 68.8 Å². The van der Waals surface area contributed by atoms with E-state index < -0.39 is 12.1 Å². The summed E-state index contributed by atoms with van der Waals surface area (Å²) in [6.45, 7) is 1.24. The predicted molar refractivity (Wildman–Crippen MR) is 115 cm³/mol. The molecule has 4 atom stereocenters. The van der Waals surface area contributed by atoms with Crippen LogP contribution < -0.4 is 5.56 Å². The lowest BCUT2D eigenvalue weighted by Crippen LogP contribution is -2.57. The third-order valence-electron chi connectivity index (χ3n) is 6.60. The molecule has 2 saturated heterocycles. The summed E-state index contributed by atoms with van der Waals surface area (Å²) in [6.07, 6.45) is 5.86. The summed E-state index contributed by atoms with van der Waals surface area (Å²) in [5, 5.41) is 7.54. The fraction of sp³-hybridized carbons (Fsp3) is 0.455. The van der Waals surface area contributed by atoms with Gasteiger partial charge in [-0.15, -0.1) is 0 Å². The minimum Gasteiger partial charge on any atom is -0.358 e. The maximum absolute atomic E-state index is 13.4. The fourth-order valence-corrected chi connectivity index (χ4v) is 4.88. The van der Waals surface area contributed by atoms with Gasteiger partial charge in [0.15, 0.2) is 5.84 Å². The van der Waals surface area contributed by atoms with Crippen molar-refractivity contribution in [2.75, 3.05) is 13.1 Å². The molecule has 162 valence electrons. The quantitative estimate of drug-likeness (QED) is 0.578. The molecule has 3 fully saturated rings. The van der Waals surface area contributed by atoms with Gasteiger partial charge in [-0.1, -0.05) is 0 Å². The third-order valence-corrected chi connectivity index (χ3v) is 6.60. The van der Waals surface area contributed by atoms with E-state index >= 15 is 0 Å². The zero-order valence-electron chi connectivity index (χ0n) is 17.3. The molecule has 0 radical (unpaired) electrons. The molecule has 9 heteroatoms. The number of aromatic amines is 1. The van der Waals surface area contributed by atoms with Gasteiger partial charge < -0.3 is 19.4 Å². The van der Waals surface area contributed by atoms with Crippen LogP contribution in [0.15, 0.2) is 40.4 Å². The number of aromatic nitrogens is 2. The van der Waals surface area contributed by atoms with E-state index in [2.05, 4.69) is 14.9 Å². The Labute approximate surface area is 178 Å². The molecule has 2 bridgehead atoms. The number of aryl methyl sites for hydroxylation is 1. The first-order valence-electron chi connectivity index (χ1n) is 10.6. The Kier molecular flexibility index (Phi) is 4.75. The van der Waals surface area contributed by atoms with Crippen LogP contribution in [0.4, 0.5) is 4.39 Å². The van der Waals surface area contributed by atoms with E-state index in [-0.39, 0.29) is 23.6 Å². The molecule has 1 aliphatic carbocycles. The van der Waals surface area contributed by atoms with E-state index in [0.29, 0.717) is 25.3 Å². The number of halogens is 1. The first kappa shape index (κ1) is 19.7. The number of fused-ring (bicyclic) bond motifs is 2. The highest BCUT2D eigenvalue weighted by Gasteiger charge is 2.51. The van der Waals surface area contributed by atoms with Crippen molar-refractivity contribution in [3.63, 3.8) is 0 Å². The molecule has 2 unspecified atom stereocenters. The van der Waals surface area contributed by atoms with E-state index in [1.807, 2.05) is 17.2 Å². The van der Waals surface area contributed by atoms with E-state index in [0.717, 1.165) is 36.0 Å². The van der Waals surface area contributed by atoms with Gasteiger partial charge in [-0.25, -0.2) is 9.38 Å². The van der Waals surface area contributed by atoms with Gasteiger partial charge in [-0.3, -0.25) is 15.0 Å². The average Bonchev–Trinajstić information content (AvgIpc) is 3.17. The fourth-order valence-electron chi connectivity index (χ4n) is 4.88. The van der Waals surface area contributed by atoms with Crippen LogP contribution in [0.5, 0.6) is 0 Å². The lowest BCUT2D eigenvalue weighted by molar-refractivity contribution is -0.138. The number of likely N-dealkylation sites (tertiary alicyclic amines) is 1. The predicted octanol–water partition coefficient (Wildman–Crippen LogP) is 1.77. The molecule has 4 heterocycles. The largest absolute Gasteiger partial charge is 0.358 e. The molecular formula is C22H25FN6O2. The molecule has 2 aromatic rings. The van der Waals surface area contributed by atoms with E-state index in [4.69, 9.17) is 5.41 Å². The summed E-state index contributed by atoms with van der Waals surface area (Å²) in [5.74, 6) is 0.170. The lowest BCUT2D eigenvalue weighted by Gasteiger charge is -2.42. The Hall–Kier alpha value is -3.23. The number of hydrogen-bond donors (Lipinski definition) is 2. The van der Waals surface area contributed by atoms with E-state index in [9.17, 15) is 14.0 Å². The van der Waals surface area contributed by atoms with E-state index in [1.165, 1.54) is 10.6 Å². The molecule has 2 aromatic heterocycles. The van der Waals surface area contributed by atoms with Crippen molar-refractivity contribution in [2.24, 2.45) is 18.0 Å². The number of amidine groups is 1. The van der Waals surface area contributed by atoms with Gasteiger partial charge in [0.25, 0.3) is 0 Å². The van der Waals surface area contributed by atoms with Crippen LogP contribution in [0.1, 0.15) is 25.0 Å². The summed E-state index contributed by atoms with van der Waals surface area (Å²) in [4.78, 5) is 35.9. The minimum atomic E-state index is -0.977. The molecule has 31 heavy (non-hydrogen) atoms. The Balaban J connectivity index is 1.38. The summed E-state index contributed by atoms with van der Waals surface area (Å²) >= 11 is 0. The van der Waals surface area contributed by atoms with Crippen molar-refractivity contribution in [3.05, 3.63) is 46.6 Å². The van der Waals surface area contributed by atoms with Gasteiger partial charge in [-0.2, -0.15) is 0 Å². The highest BCUT2D eigenvalue weighted by atomic mass is 19.1. The second kappa shape index (κ2) is 7.47. The second-order valence-corrected chi connectivity index (χ2v) is 8.64. The van der Waals surface area contributed by atoms with Gasteiger partial charge >= 0.3 is 0 Å². The van der Waals surface area contributed by atoms with E-state index in [1.54, 1.807) is 19.3 Å². The van der Waals surface area contributed by atoms with Crippen molar-refractivity contribution in [1.29, 1.82) is 5.41 Å². The van der Waals surface area contributed by atoms with Gasteiger partial charge in [0.2, 0.25) is 11.5 Å². The number of piperazine rings is 1. The van der Waals surface area contributed by atoms with Crippen LogP contribution in [-0.2, 0) is 11.8 Å². The normalized spacial score (nSPS) is 27.5. The number of amides is 1. The number of aliphatic imine (C=N–C) groups is 1. The maximum Gasteiger partial charge on any atom is 0.250 e. The number of rotatable bonds is 4. The van der Waals surface area contributed by atoms with Crippen LogP contribution >= 0.6 is 0 Å². The standard InChI is InChI=1S/C22H25FN6O2/c1-27-9-13(2-5-20(27)30)14-6-19(25-8-14)21(26-12-24)28-10-15-3-4-16(11-28)29(15)22(31)17-7-18(17)23/h2,5-6,8-9,12,15-18,24-25H,3-4,7,10-11H2,1H3/t15?,16?,17-,18-/m1/s1. The van der Waals surface area contributed by atoms with Crippen LogP contribution in [0.3, 0.4) is 0 Å².